The second-order valence-corrected chi connectivity index (χ2v) is 5.47. The van der Waals surface area contributed by atoms with E-state index in [2.05, 4.69) is 5.32 Å². The molecule has 0 unspecified atom stereocenters. The average Bonchev–Trinajstić information content (AvgIpc) is 2.60. The van der Waals surface area contributed by atoms with Crippen LogP contribution < -0.4 is 16.6 Å². The normalized spacial score (nSPS) is 10.3. The SMILES string of the molecule is CCn1cc(C#N)c(=O)n(CC(=O)NCc2ccc(F)c(C)c2)c1=O. The molecule has 0 radical (unpaired) electrons. The Morgan fingerprint density at radius 1 is 1.36 bits per heavy atom. The number of nitrogens with zero attached hydrogens (tertiary/aromatic N) is 3. The molecular formula is C17H17FN4O3. The van der Waals surface area contributed by atoms with Gasteiger partial charge >= 0.3 is 5.69 Å². The monoisotopic (exact) mass is 344 g/mol. The van der Waals surface area contributed by atoms with Crippen LogP contribution in [0, 0.1) is 24.1 Å². The quantitative estimate of drug-likeness (QED) is 0.862. The second-order valence-electron chi connectivity index (χ2n) is 5.47. The van der Waals surface area contributed by atoms with E-state index in [1.807, 2.05) is 0 Å². The maximum Gasteiger partial charge on any atom is 0.331 e. The Morgan fingerprint density at radius 3 is 2.68 bits per heavy atom. The summed E-state index contributed by atoms with van der Waals surface area (Å²) >= 11 is 0. The van der Waals surface area contributed by atoms with Crippen LogP contribution in [-0.2, 0) is 24.4 Å². The van der Waals surface area contributed by atoms with Gasteiger partial charge in [0, 0.05) is 19.3 Å². The Bertz CT molecular complexity index is 969. The van der Waals surface area contributed by atoms with Crippen LogP contribution in [0.5, 0.6) is 0 Å². The van der Waals surface area contributed by atoms with Gasteiger partial charge in [-0.15, -0.1) is 0 Å². The summed E-state index contributed by atoms with van der Waals surface area (Å²) in [6.07, 6.45) is 1.18. The minimum atomic E-state index is -0.801. The van der Waals surface area contributed by atoms with Crippen molar-refractivity contribution in [3.63, 3.8) is 0 Å². The molecule has 0 saturated heterocycles. The third kappa shape index (κ3) is 4.01. The van der Waals surface area contributed by atoms with Gasteiger partial charge in [0.1, 0.15) is 24.0 Å². The molecule has 25 heavy (non-hydrogen) atoms. The number of nitriles is 1. The molecule has 0 aliphatic rings. The molecule has 2 aromatic rings. The molecule has 1 heterocycles. The van der Waals surface area contributed by atoms with Crippen molar-refractivity contribution in [1.29, 1.82) is 5.26 Å². The number of hydrogen-bond acceptors (Lipinski definition) is 4. The number of aromatic nitrogens is 2. The van der Waals surface area contributed by atoms with Crippen molar-refractivity contribution >= 4 is 5.91 Å². The lowest BCUT2D eigenvalue weighted by Crippen LogP contribution is -2.44. The fourth-order valence-corrected chi connectivity index (χ4v) is 2.31. The van der Waals surface area contributed by atoms with Gasteiger partial charge in [0.25, 0.3) is 5.56 Å². The molecule has 1 aromatic carbocycles. The highest BCUT2D eigenvalue weighted by molar-refractivity contribution is 5.75. The zero-order valence-corrected chi connectivity index (χ0v) is 13.9. The van der Waals surface area contributed by atoms with Gasteiger partial charge in [-0.05, 0) is 31.0 Å². The van der Waals surface area contributed by atoms with Crippen molar-refractivity contribution in [3.05, 3.63) is 67.7 Å². The molecule has 2 rings (SSSR count). The number of carbonyl (C=O) groups is 1. The summed E-state index contributed by atoms with van der Waals surface area (Å²) in [4.78, 5) is 36.3. The van der Waals surface area contributed by atoms with Crippen LogP contribution in [0.25, 0.3) is 0 Å². The average molecular weight is 344 g/mol. The van der Waals surface area contributed by atoms with Gasteiger partial charge in [-0.25, -0.2) is 13.8 Å². The van der Waals surface area contributed by atoms with Gasteiger partial charge in [0.15, 0.2) is 0 Å². The molecule has 0 saturated carbocycles. The van der Waals surface area contributed by atoms with Crippen LogP contribution in [0.3, 0.4) is 0 Å². The van der Waals surface area contributed by atoms with Crippen molar-refractivity contribution in [1.82, 2.24) is 14.5 Å². The topological polar surface area (TPSA) is 96.9 Å². The molecule has 1 aromatic heterocycles. The summed E-state index contributed by atoms with van der Waals surface area (Å²) < 4.78 is 15.1. The fraction of sp³-hybridized carbons (Fsp3) is 0.294. The van der Waals surface area contributed by atoms with Crippen molar-refractivity contribution in [3.8, 4) is 6.07 Å². The van der Waals surface area contributed by atoms with E-state index in [9.17, 15) is 18.8 Å². The standard InChI is InChI=1S/C17H17FN4O3/c1-3-21-9-13(7-19)16(24)22(17(21)25)10-15(23)20-8-12-4-5-14(18)11(2)6-12/h4-6,9H,3,8,10H2,1-2H3,(H,20,23). The zero-order valence-electron chi connectivity index (χ0n) is 13.9. The minimum Gasteiger partial charge on any atom is -0.350 e. The molecule has 0 bridgehead atoms. The van der Waals surface area contributed by atoms with E-state index in [-0.39, 0.29) is 24.5 Å². The molecule has 0 atom stereocenters. The van der Waals surface area contributed by atoms with Crippen molar-refractivity contribution in [2.75, 3.05) is 0 Å². The Morgan fingerprint density at radius 2 is 2.08 bits per heavy atom. The van der Waals surface area contributed by atoms with E-state index in [0.717, 1.165) is 4.57 Å². The van der Waals surface area contributed by atoms with Crippen LogP contribution in [0.4, 0.5) is 4.39 Å². The number of hydrogen-bond donors (Lipinski definition) is 1. The Kier molecular flexibility index (Phi) is 5.49. The summed E-state index contributed by atoms with van der Waals surface area (Å²) in [7, 11) is 0. The first kappa shape index (κ1) is 18.1. The van der Waals surface area contributed by atoms with Crippen molar-refractivity contribution in [2.24, 2.45) is 0 Å². The first-order valence-corrected chi connectivity index (χ1v) is 7.63. The Hall–Kier alpha value is -3.21. The number of rotatable bonds is 5. The third-order valence-corrected chi connectivity index (χ3v) is 3.71. The van der Waals surface area contributed by atoms with Gasteiger partial charge in [0.05, 0.1) is 0 Å². The maximum atomic E-state index is 13.2. The van der Waals surface area contributed by atoms with E-state index in [1.54, 1.807) is 26.0 Å². The smallest absolute Gasteiger partial charge is 0.331 e. The molecule has 8 heteroatoms. The highest BCUT2D eigenvalue weighted by atomic mass is 19.1. The first-order chi connectivity index (χ1) is 11.9. The van der Waals surface area contributed by atoms with Crippen LogP contribution >= 0.6 is 0 Å². The molecule has 0 aliphatic carbocycles. The Labute approximate surface area is 142 Å². The molecule has 7 nitrogen and oxygen atoms in total. The molecule has 0 spiro atoms. The summed E-state index contributed by atoms with van der Waals surface area (Å²) in [5.41, 5.74) is -0.514. The van der Waals surface area contributed by atoms with Gasteiger partial charge in [-0.2, -0.15) is 5.26 Å². The molecule has 0 fully saturated rings. The zero-order chi connectivity index (χ0) is 18.6. The van der Waals surface area contributed by atoms with E-state index in [0.29, 0.717) is 11.1 Å². The van der Waals surface area contributed by atoms with E-state index >= 15 is 0 Å². The summed E-state index contributed by atoms with van der Waals surface area (Å²) in [5.74, 6) is -0.894. The predicted molar refractivity (Wildman–Crippen MR) is 88.3 cm³/mol. The Balaban J connectivity index is 2.18. The van der Waals surface area contributed by atoms with Crippen molar-refractivity contribution < 1.29 is 9.18 Å². The largest absolute Gasteiger partial charge is 0.350 e. The summed E-state index contributed by atoms with van der Waals surface area (Å²) in [6.45, 7) is 3.21. The van der Waals surface area contributed by atoms with Gasteiger partial charge < -0.3 is 5.32 Å². The first-order valence-electron chi connectivity index (χ1n) is 7.63. The lowest BCUT2D eigenvalue weighted by molar-refractivity contribution is -0.121. The van der Waals surface area contributed by atoms with Crippen LogP contribution in [0.1, 0.15) is 23.6 Å². The minimum absolute atomic E-state index is 0.134. The van der Waals surface area contributed by atoms with Crippen molar-refractivity contribution in [2.45, 2.75) is 33.5 Å². The predicted octanol–water partition coefficient (Wildman–Crippen LogP) is 0.665. The number of halogens is 1. The third-order valence-electron chi connectivity index (χ3n) is 3.71. The molecule has 1 amide bonds. The number of amides is 1. The number of aryl methyl sites for hydroxylation is 2. The highest BCUT2D eigenvalue weighted by Gasteiger charge is 2.13. The van der Waals surface area contributed by atoms with E-state index < -0.39 is 23.7 Å². The van der Waals surface area contributed by atoms with Gasteiger partial charge in [-0.3, -0.25) is 14.2 Å². The lowest BCUT2D eigenvalue weighted by atomic mass is 10.1. The molecule has 130 valence electrons. The van der Waals surface area contributed by atoms with Crippen LogP contribution in [-0.4, -0.2) is 15.0 Å². The lowest BCUT2D eigenvalue weighted by Gasteiger charge is -2.10. The number of carbonyl (C=O) groups excluding carboxylic acids is 1. The van der Waals surface area contributed by atoms with E-state index in [1.165, 1.54) is 22.9 Å². The number of benzene rings is 1. The summed E-state index contributed by atoms with van der Waals surface area (Å²) in [6, 6.07) is 6.16. The maximum absolute atomic E-state index is 13.2. The van der Waals surface area contributed by atoms with Crippen LogP contribution in [0.2, 0.25) is 0 Å². The van der Waals surface area contributed by atoms with E-state index in [4.69, 9.17) is 5.26 Å². The molecule has 0 aliphatic heterocycles. The molecule has 1 N–H and O–H groups in total. The highest BCUT2D eigenvalue weighted by Crippen LogP contribution is 2.08. The molecular weight excluding hydrogens is 327 g/mol. The summed E-state index contributed by atoms with van der Waals surface area (Å²) in [5, 5.41) is 11.5. The van der Waals surface area contributed by atoms with Crippen LogP contribution in [0.15, 0.2) is 34.0 Å². The number of nitrogens with one attached hydrogen (secondary N) is 1. The van der Waals surface area contributed by atoms with Gasteiger partial charge in [-0.1, -0.05) is 12.1 Å². The van der Waals surface area contributed by atoms with Gasteiger partial charge in [0.2, 0.25) is 5.91 Å². The second kappa shape index (κ2) is 7.57. The fourth-order valence-electron chi connectivity index (χ4n) is 2.31.